The van der Waals surface area contributed by atoms with E-state index < -0.39 is 6.10 Å². The lowest BCUT2D eigenvalue weighted by Crippen LogP contribution is -2.25. The summed E-state index contributed by atoms with van der Waals surface area (Å²) in [6, 6.07) is 3.44. The molecule has 1 fully saturated rings. The summed E-state index contributed by atoms with van der Waals surface area (Å²) in [7, 11) is 0. The fourth-order valence-corrected chi connectivity index (χ4v) is 2.00. The van der Waals surface area contributed by atoms with E-state index in [2.05, 4.69) is 0 Å². The second-order valence-corrected chi connectivity index (χ2v) is 3.78. The SMILES string of the molecule is O=C1CCCC[C@H]1[C@@H](O)c1ccco1. The van der Waals surface area contributed by atoms with Gasteiger partial charge in [0.15, 0.2) is 0 Å². The van der Waals surface area contributed by atoms with Gasteiger partial charge in [-0.15, -0.1) is 0 Å². The minimum atomic E-state index is -0.752. The van der Waals surface area contributed by atoms with E-state index in [9.17, 15) is 9.90 Å². The molecule has 14 heavy (non-hydrogen) atoms. The Morgan fingerprint density at radius 2 is 2.36 bits per heavy atom. The summed E-state index contributed by atoms with van der Waals surface area (Å²) >= 11 is 0. The first-order valence-electron chi connectivity index (χ1n) is 5.03. The van der Waals surface area contributed by atoms with Crippen LogP contribution < -0.4 is 0 Å². The average molecular weight is 194 g/mol. The van der Waals surface area contributed by atoms with Gasteiger partial charge in [-0.2, -0.15) is 0 Å². The number of ketones is 1. The minimum absolute atomic E-state index is 0.167. The second-order valence-electron chi connectivity index (χ2n) is 3.78. The molecule has 0 aromatic carbocycles. The van der Waals surface area contributed by atoms with Crippen molar-refractivity contribution in [3.63, 3.8) is 0 Å². The summed E-state index contributed by atoms with van der Waals surface area (Å²) in [5, 5.41) is 9.89. The van der Waals surface area contributed by atoms with Crippen LogP contribution in [0.15, 0.2) is 22.8 Å². The van der Waals surface area contributed by atoms with Crippen molar-refractivity contribution in [2.45, 2.75) is 31.8 Å². The molecular weight excluding hydrogens is 180 g/mol. The van der Waals surface area contributed by atoms with Crippen LogP contribution in [0, 0.1) is 5.92 Å². The number of rotatable bonds is 2. The molecule has 3 nitrogen and oxygen atoms in total. The van der Waals surface area contributed by atoms with Crippen LogP contribution in [-0.4, -0.2) is 10.9 Å². The summed E-state index contributed by atoms with van der Waals surface area (Å²) in [5.74, 6) is 0.417. The standard InChI is InChI=1S/C11H14O3/c12-9-5-2-1-4-8(9)11(13)10-6-3-7-14-10/h3,6-8,11,13H,1-2,4-5H2/t8-,11-/m1/s1. The first-order chi connectivity index (χ1) is 6.79. The van der Waals surface area contributed by atoms with Gasteiger partial charge in [0.05, 0.1) is 12.2 Å². The topological polar surface area (TPSA) is 50.4 Å². The number of aliphatic hydroxyl groups is 1. The van der Waals surface area contributed by atoms with Crippen LogP contribution in [0.4, 0.5) is 0 Å². The van der Waals surface area contributed by atoms with Gasteiger partial charge in [-0.25, -0.2) is 0 Å². The predicted molar refractivity (Wildman–Crippen MR) is 50.6 cm³/mol. The van der Waals surface area contributed by atoms with Crippen LogP contribution in [0.25, 0.3) is 0 Å². The summed E-state index contributed by atoms with van der Waals surface area (Å²) in [5.41, 5.74) is 0. The zero-order chi connectivity index (χ0) is 9.97. The Hall–Kier alpha value is -1.09. The van der Waals surface area contributed by atoms with E-state index in [0.717, 1.165) is 19.3 Å². The molecule has 76 valence electrons. The van der Waals surface area contributed by atoms with Gasteiger partial charge in [0, 0.05) is 6.42 Å². The van der Waals surface area contributed by atoms with Gasteiger partial charge in [0.2, 0.25) is 0 Å². The third-order valence-electron chi connectivity index (χ3n) is 2.82. The molecule has 0 saturated heterocycles. The highest BCUT2D eigenvalue weighted by molar-refractivity contribution is 5.82. The number of Topliss-reactive ketones (excluding diaryl/α,β-unsaturated/α-hetero) is 1. The monoisotopic (exact) mass is 194 g/mol. The Kier molecular flexibility index (Phi) is 2.68. The van der Waals surface area contributed by atoms with E-state index in [0.29, 0.717) is 12.2 Å². The van der Waals surface area contributed by atoms with Crippen LogP contribution in [0.5, 0.6) is 0 Å². The first kappa shape index (κ1) is 9.46. The fraction of sp³-hybridized carbons (Fsp3) is 0.545. The van der Waals surface area contributed by atoms with Gasteiger partial charge in [0.1, 0.15) is 17.6 Å². The smallest absolute Gasteiger partial charge is 0.139 e. The molecule has 1 aliphatic carbocycles. The predicted octanol–water partition coefficient (Wildman–Crippen LogP) is 2.07. The van der Waals surface area contributed by atoms with Crippen LogP contribution in [0.1, 0.15) is 37.5 Å². The van der Waals surface area contributed by atoms with Crippen molar-refractivity contribution < 1.29 is 14.3 Å². The highest BCUT2D eigenvalue weighted by atomic mass is 16.4. The molecule has 1 aromatic heterocycles. The van der Waals surface area contributed by atoms with Crippen molar-refractivity contribution in [2.24, 2.45) is 5.92 Å². The van der Waals surface area contributed by atoms with E-state index in [1.54, 1.807) is 12.1 Å². The van der Waals surface area contributed by atoms with Crippen molar-refractivity contribution >= 4 is 5.78 Å². The summed E-state index contributed by atoms with van der Waals surface area (Å²) < 4.78 is 5.09. The lowest BCUT2D eigenvalue weighted by molar-refractivity contribution is -0.129. The zero-order valence-electron chi connectivity index (χ0n) is 7.98. The maximum Gasteiger partial charge on any atom is 0.139 e. The molecule has 0 spiro atoms. The lowest BCUT2D eigenvalue weighted by Gasteiger charge is -2.23. The Morgan fingerprint density at radius 3 is 3.00 bits per heavy atom. The van der Waals surface area contributed by atoms with E-state index in [-0.39, 0.29) is 11.7 Å². The van der Waals surface area contributed by atoms with E-state index in [4.69, 9.17) is 4.42 Å². The van der Waals surface area contributed by atoms with Crippen LogP contribution in [0.2, 0.25) is 0 Å². The lowest BCUT2D eigenvalue weighted by atomic mass is 9.83. The van der Waals surface area contributed by atoms with E-state index in [1.165, 1.54) is 6.26 Å². The Balaban J connectivity index is 2.10. The number of carbonyl (C=O) groups is 1. The summed E-state index contributed by atoms with van der Waals surface area (Å²) in [6.45, 7) is 0. The zero-order valence-corrected chi connectivity index (χ0v) is 7.98. The number of hydrogen-bond donors (Lipinski definition) is 1. The van der Waals surface area contributed by atoms with Gasteiger partial charge < -0.3 is 9.52 Å². The molecule has 0 amide bonds. The van der Waals surface area contributed by atoms with Crippen molar-refractivity contribution in [3.8, 4) is 0 Å². The maximum atomic E-state index is 11.5. The summed E-state index contributed by atoms with van der Waals surface area (Å²) in [4.78, 5) is 11.5. The third kappa shape index (κ3) is 1.73. The molecular formula is C11H14O3. The fourth-order valence-electron chi connectivity index (χ4n) is 2.00. The molecule has 0 unspecified atom stereocenters. The molecule has 0 bridgehead atoms. The second kappa shape index (κ2) is 3.96. The maximum absolute atomic E-state index is 11.5. The third-order valence-corrected chi connectivity index (χ3v) is 2.82. The molecule has 3 heteroatoms. The molecule has 1 N–H and O–H groups in total. The van der Waals surface area contributed by atoms with Gasteiger partial charge in [-0.05, 0) is 25.0 Å². The van der Waals surface area contributed by atoms with Crippen molar-refractivity contribution in [1.29, 1.82) is 0 Å². The Labute approximate surface area is 82.7 Å². The number of furan rings is 1. The molecule has 2 atom stereocenters. The van der Waals surface area contributed by atoms with Gasteiger partial charge in [0.25, 0.3) is 0 Å². The molecule has 2 rings (SSSR count). The highest BCUT2D eigenvalue weighted by Gasteiger charge is 2.31. The Morgan fingerprint density at radius 1 is 1.50 bits per heavy atom. The van der Waals surface area contributed by atoms with Crippen LogP contribution in [-0.2, 0) is 4.79 Å². The number of carbonyl (C=O) groups excluding carboxylic acids is 1. The Bertz CT molecular complexity index is 302. The van der Waals surface area contributed by atoms with Crippen molar-refractivity contribution in [3.05, 3.63) is 24.2 Å². The molecule has 1 aliphatic rings. The molecule has 0 radical (unpaired) electrons. The van der Waals surface area contributed by atoms with Gasteiger partial charge >= 0.3 is 0 Å². The average Bonchev–Trinajstić information content (AvgIpc) is 2.70. The van der Waals surface area contributed by atoms with Crippen molar-refractivity contribution in [2.75, 3.05) is 0 Å². The highest BCUT2D eigenvalue weighted by Crippen LogP contribution is 2.32. The largest absolute Gasteiger partial charge is 0.467 e. The van der Waals surface area contributed by atoms with Gasteiger partial charge in [-0.1, -0.05) is 6.42 Å². The molecule has 1 heterocycles. The van der Waals surface area contributed by atoms with Gasteiger partial charge in [-0.3, -0.25) is 4.79 Å². The van der Waals surface area contributed by atoms with Crippen molar-refractivity contribution in [1.82, 2.24) is 0 Å². The molecule has 1 aromatic rings. The number of hydrogen-bond acceptors (Lipinski definition) is 3. The normalized spacial score (nSPS) is 24.9. The quantitative estimate of drug-likeness (QED) is 0.784. The van der Waals surface area contributed by atoms with Crippen LogP contribution >= 0.6 is 0 Å². The number of aliphatic hydroxyl groups excluding tert-OH is 1. The van der Waals surface area contributed by atoms with E-state index in [1.807, 2.05) is 0 Å². The van der Waals surface area contributed by atoms with Crippen LogP contribution in [0.3, 0.4) is 0 Å². The first-order valence-corrected chi connectivity index (χ1v) is 5.03. The molecule has 1 saturated carbocycles. The summed E-state index contributed by atoms with van der Waals surface area (Å²) in [6.07, 6.45) is 4.13. The van der Waals surface area contributed by atoms with E-state index >= 15 is 0 Å². The molecule has 0 aliphatic heterocycles. The minimum Gasteiger partial charge on any atom is -0.467 e.